The molecule has 1 heterocycles. The topological polar surface area (TPSA) is 50.5 Å². The Bertz CT molecular complexity index is 383. The second kappa shape index (κ2) is 5.15. The van der Waals surface area contributed by atoms with E-state index in [1.807, 2.05) is 27.6 Å². The summed E-state index contributed by atoms with van der Waals surface area (Å²) >= 11 is 1.92. The van der Waals surface area contributed by atoms with Crippen LogP contribution in [0.5, 0.6) is 0 Å². The van der Waals surface area contributed by atoms with Crippen LogP contribution < -0.4 is 11.2 Å². The number of hydrogen-bond donors (Lipinski definition) is 2. The van der Waals surface area contributed by atoms with Crippen LogP contribution in [-0.4, -0.2) is 31.3 Å². The van der Waals surface area contributed by atoms with Crippen LogP contribution in [0.3, 0.4) is 0 Å². The van der Waals surface area contributed by atoms with Gasteiger partial charge in [-0.2, -0.15) is 0 Å². The molecular formula is C10H13FIN3O. The molecule has 4 nitrogen and oxygen atoms in total. The zero-order valence-corrected chi connectivity index (χ0v) is 10.8. The summed E-state index contributed by atoms with van der Waals surface area (Å²) < 4.78 is 19.1. The Balaban J connectivity index is 2.11. The second-order valence-electron chi connectivity index (χ2n) is 3.56. The number of nitrogens with two attached hydrogens (primary N) is 1. The minimum absolute atomic E-state index is 0.259. The van der Waals surface area contributed by atoms with E-state index >= 15 is 0 Å². The molecule has 1 aromatic carbocycles. The van der Waals surface area contributed by atoms with E-state index in [0.717, 1.165) is 13.1 Å². The van der Waals surface area contributed by atoms with E-state index in [4.69, 9.17) is 10.5 Å². The first-order valence-electron chi connectivity index (χ1n) is 5.00. The maximum absolute atomic E-state index is 13.4. The highest BCUT2D eigenvalue weighted by molar-refractivity contribution is 14.1. The summed E-state index contributed by atoms with van der Waals surface area (Å²) in [5.74, 6) is -0.259. The van der Waals surface area contributed by atoms with Crippen molar-refractivity contribution in [3.05, 3.63) is 21.5 Å². The Morgan fingerprint density at radius 3 is 2.75 bits per heavy atom. The highest BCUT2D eigenvalue weighted by Crippen LogP contribution is 2.24. The van der Waals surface area contributed by atoms with Gasteiger partial charge in [-0.1, -0.05) is 0 Å². The fourth-order valence-electron chi connectivity index (χ4n) is 1.50. The number of rotatable bonds is 2. The summed E-state index contributed by atoms with van der Waals surface area (Å²) in [6.45, 7) is 2.90. The Morgan fingerprint density at radius 1 is 1.38 bits per heavy atom. The van der Waals surface area contributed by atoms with Gasteiger partial charge in [0.05, 0.1) is 28.2 Å². The third-order valence-corrected chi connectivity index (χ3v) is 3.21. The molecule has 88 valence electrons. The number of benzene rings is 1. The van der Waals surface area contributed by atoms with Crippen LogP contribution >= 0.6 is 22.6 Å². The van der Waals surface area contributed by atoms with E-state index in [-0.39, 0.29) is 5.82 Å². The van der Waals surface area contributed by atoms with Crippen molar-refractivity contribution in [2.45, 2.75) is 0 Å². The molecule has 0 saturated carbocycles. The van der Waals surface area contributed by atoms with Crippen molar-refractivity contribution < 1.29 is 9.13 Å². The summed E-state index contributed by atoms with van der Waals surface area (Å²) in [6, 6.07) is 3.05. The predicted octanol–water partition coefficient (Wildman–Crippen LogP) is 1.67. The van der Waals surface area contributed by atoms with Crippen molar-refractivity contribution in [2.24, 2.45) is 0 Å². The maximum Gasteiger partial charge on any atom is 0.138 e. The largest absolute Gasteiger partial charge is 0.397 e. The van der Waals surface area contributed by atoms with Gasteiger partial charge < -0.3 is 15.9 Å². The first-order valence-corrected chi connectivity index (χ1v) is 6.08. The van der Waals surface area contributed by atoms with E-state index in [1.165, 1.54) is 6.07 Å². The van der Waals surface area contributed by atoms with Crippen molar-refractivity contribution in [3.63, 3.8) is 0 Å². The molecule has 1 fully saturated rings. The molecule has 6 heteroatoms. The van der Waals surface area contributed by atoms with Crippen molar-refractivity contribution in [1.29, 1.82) is 0 Å². The Kier molecular flexibility index (Phi) is 3.82. The van der Waals surface area contributed by atoms with E-state index in [2.05, 4.69) is 5.43 Å². The molecule has 1 saturated heterocycles. The van der Waals surface area contributed by atoms with Gasteiger partial charge in [0.2, 0.25) is 0 Å². The monoisotopic (exact) mass is 337 g/mol. The number of anilines is 2. The summed E-state index contributed by atoms with van der Waals surface area (Å²) in [5, 5.41) is 1.97. The van der Waals surface area contributed by atoms with Gasteiger partial charge in [0.1, 0.15) is 5.82 Å². The highest BCUT2D eigenvalue weighted by Gasteiger charge is 2.12. The summed E-state index contributed by atoms with van der Waals surface area (Å²) in [4.78, 5) is 0. The average molecular weight is 337 g/mol. The molecule has 1 aliphatic rings. The lowest BCUT2D eigenvalue weighted by Gasteiger charge is -2.28. The molecule has 2 rings (SSSR count). The fourth-order valence-corrected chi connectivity index (χ4v) is 2.00. The van der Waals surface area contributed by atoms with Crippen molar-refractivity contribution in [2.75, 3.05) is 37.5 Å². The molecule has 3 N–H and O–H groups in total. The molecular weight excluding hydrogens is 324 g/mol. The smallest absolute Gasteiger partial charge is 0.138 e. The summed E-state index contributed by atoms with van der Waals surface area (Å²) in [5.41, 5.74) is 10.1. The first-order chi connectivity index (χ1) is 7.66. The van der Waals surface area contributed by atoms with Gasteiger partial charge in [-0.05, 0) is 28.7 Å². The number of nitrogens with one attached hydrogen (secondary N) is 1. The number of hydrazine groups is 1. The second-order valence-corrected chi connectivity index (χ2v) is 4.73. The Morgan fingerprint density at radius 2 is 2.06 bits per heavy atom. The quantitative estimate of drug-likeness (QED) is 0.637. The average Bonchev–Trinajstić information content (AvgIpc) is 2.27. The predicted molar refractivity (Wildman–Crippen MR) is 69.5 cm³/mol. The van der Waals surface area contributed by atoms with Crippen molar-refractivity contribution >= 4 is 34.0 Å². The van der Waals surface area contributed by atoms with Crippen molar-refractivity contribution in [1.82, 2.24) is 5.01 Å². The van der Waals surface area contributed by atoms with Crippen LogP contribution in [0.15, 0.2) is 12.1 Å². The van der Waals surface area contributed by atoms with E-state index in [9.17, 15) is 4.39 Å². The van der Waals surface area contributed by atoms with Gasteiger partial charge in [-0.3, -0.25) is 0 Å². The zero-order valence-electron chi connectivity index (χ0n) is 8.67. The van der Waals surface area contributed by atoms with Crippen LogP contribution in [0.25, 0.3) is 0 Å². The zero-order chi connectivity index (χ0) is 11.5. The summed E-state index contributed by atoms with van der Waals surface area (Å²) in [7, 11) is 0. The maximum atomic E-state index is 13.4. The van der Waals surface area contributed by atoms with Crippen LogP contribution in [-0.2, 0) is 4.74 Å². The number of nitrogen functional groups attached to an aromatic ring is 1. The molecule has 0 bridgehead atoms. The Hall–Kier alpha value is -0.600. The van der Waals surface area contributed by atoms with Crippen LogP contribution in [0, 0.1) is 9.39 Å². The molecule has 0 unspecified atom stereocenters. The van der Waals surface area contributed by atoms with E-state index in [1.54, 1.807) is 6.07 Å². The van der Waals surface area contributed by atoms with Gasteiger partial charge in [0.15, 0.2) is 0 Å². The van der Waals surface area contributed by atoms with Crippen molar-refractivity contribution in [3.8, 4) is 0 Å². The normalized spacial score (nSPS) is 17.4. The molecule has 0 amide bonds. The SMILES string of the molecule is Nc1cc(I)c(F)cc1NN1CCOCC1. The number of morpholine rings is 1. The molecule has 0 aromatic heterocycles. The number of nitrogens with zero attached hydrogens (tertiary/aromatic N) is 1. The van der Waals surface area contributed by atoms with Gasteiger partial charge in [0.25, 0.3) is 0 Å². The minimum atomic E-state index is -0.259. The summed E-state index contributed by atoms with van der Waals surface area (Å²) in [6.07, 6.45) is 0. The third-order valence-electron chi connectivity index (χ3n) is 2.38. The molecule has 16 heavy (non-hydrogen) atoms. The third kappa shape index (κ3) is 2.74. The molecule has 0 atom stereocenters. The van der Waals surface area contributed by atoms with Crippen LogP contribution in [0.4, 0.5) is 15.8 Å². The van der Waals surface area contributed by atoms with E-state index < -0.39 is 0 Å². The number of hydrogen-bond acceptors (Lipinski definition) is 4. The molecule has 1 aromatic rings. The lowest BCUT2D eigenvalue weighted by molar-refractivity contribution is 0.0497. The lowest BCUT2D eigenvalue weighted by atomic mass is 10.2. The van der Waals surface area contributed by atoms with Crippen LogP contribution in [0.1, 0.15) is 0 Å². The van der Waals surface area contributed by atoms with Crippen LogP contribution in [0.2, 0.25) is 0 Å². The van der Waals surface area contributed by atoms with Gasteiger partial charge in [-0.15, -0.1) is 0 Å². The highest BCUT2D eigenvalue weighted by atomic mass is 127. The Labute approximate surface area is 107 Å². The van der Waals surface area contributed by atoms with Gasteiger partial charge in [0, 0.05) is 19.2 Å². The van der Waals surface area contributed by atoms with Gasteiger partial charge >= 0.3 is 0 Å². The number of ether oxygens (including phenoxy) is 1. The molecule has 1 aliphatic heterocycles. The molecule has 0 aliphatic carbocycles. The fraction of sp³-hybridized carbons (Fsp3) is 0.400. The first kappa shape index (κ1) is 11.9. The molecule has 0 radical (unpaired) electrons. The molecule has 0 spiro atoms. The minimum Gasteiger partial charge on any atom is -0.397 e. The number of halogens is 2. The lowest BCUT2D eigenvalue weighted by Crippen LogP contribution is -2.40. The standard InChI is InChI=1S/C10H13FIN3O/c11-7-5-10(9(13)6-8(7)12)14-15-1-3-16-4-2-15/h5-6,14H,1-4,13H2. The van der Waals surface area contributed by atoms with Gasteiger partial charge in [-0.25, -0.2) is 9.40 Å². The van der Waals surface area contributed by atoms with E-state index in [0.29, 0.717) is 28.2 Å².